The normalized spacial score (nSPS) is 22.1. The summed E-state index contributed by atoms with van der Waals surface area (Å²) in [5, 5.41) is 10.5. The molecule has 2 saturated heterocycles. The van der Waals surface area contributed by atoms with Gasteiger partial charge in [0.25, 0.3) is 0 Å². The van der Waals surface area contributed by atoms with E-state index in [9.17, 15) is 5.26 Å². The lowest BCUT2D eigenvalue weighted by Crippen LogP contribution is -2.54. The zero-order valence-corrected chi connectivity index (χ0v) is 18.4. The molecule has 7 heteroatoms. The molecule has 0 bridgehead atoms. The van der Waals surface area contributed by atoms with Crippen molar-refractivity contribution in [2.75, 3.05) is 55.6 Å². The van der Waals surface area contributed by atoms with Gasteiger partial charge in [0.15, 0.2) is 0 Å². The van der Waals surface area contributed by atoms with Gasteiger partial charge in [0.05, 0.1) is 23.3 Å². The van der Waals surface area contributed by atoms with E-state index < -0.39 is 0 Å². The summed E-state index contributed by atoms with van der Waals surface area (Å²) >= 11 is 0. The first-order valence-electron chi connectivity index (χ1n) is 11.3. The summed E-state index contributed by atoms with van der Waals surface area (Å²) in [7, 11) is 0. The largest absolute Gasteiger partial charge is 0.370 e. The van der Waals surface area contributed by atoms with Gasteiger partial charge in [-0.2, -0.15) is 5.26 Å². The molecule has 164 valence electrons. The molecule has 2 aromatic heterocycles. The summed E-state index contributed by atoms with van der Waals surface area (Å²) in [6, 6.07) is 16.3. The zero-order valence-electron chi connectivity index (χ0n) is 18.4. The molecule has 0 amide bonds. The van der Waals surface area contributed by atoms with Gasteiger partial charge in [-0.1, -0.05) is 6.07 Å². The van der Waals surface area contributed by atoms with Gasteiger partial charge in [0.2, 0.25) is 0 Å². The fraction of sp³-hybridized carbons (Fsp3) is 0.400. The number of hydrogen-bond donors (Lipinski definition) is 0. The molecule has 2 fully saturated rings. The summed E-state index contributed by atoms with van der Waals surface area (Å²) < 4.78 is 6.33. The average Bonchev–Trinajstić information content (AvgIpc) is 2.84. The van der Waals surface area contributed by atoms with Crippen LogP contribution in [0.2, 0.25) is 0 Å². The number of nitriles is 1. The molecule has 0 spiro atoms. The third kappa shape index (κ3) is 4.24. The van der Waals surface area contributed by atoms with Crippen molar-refractivity contribution in [2.24, 2.45) is 0 Å². The first-order chi connectivity index (χ1) is 15.7. The number of morpholine rings is 1. The van der Waals surface area contributed by atoms with Crippen molar-refractivity contribution in [2.45, 2.75) is 19.1 Å². The van der Waals surface area contributed by atoms with Crippen LogP contribution in [0.4, 0.5) is 11.5 Å². The van der Waals surface area contributed by atoms with E-state index in [2.05, 4.69) is 55.9 Å². The molecule has 32 heavy (non-hydrogen) atoms. The van der Waals surface area contributed by atoms with E-state index in [1.807, 2.05) is 30.5 Å². The fourth-order valence-electron chi connectivity index (χ4n) is 4.85. The third-order valence-corrected chi connectivity index (χ3v) is 6.34. The molecule has 7 nitrogen and oxygen atoms in total. The quantitative estimate of drug-likeness (QED) is 0.633. The molecule has 0 unspecified atom stereocenters. The van der Waals surface area contributed by atoms with Gasteiger partial charge in [-0.25, -0.2) is 4.98 Å². The van der Waals surface area contributed by atoms with Gasteiger partial charge in [-0.05, 0) is 43.3 Å². The molecule has 5 rings (SSSR count). The monoisotopic (exact) mass is 428 g/mol. The fourth-order valence-corrected chi connectivity index (χ4v) is 4.85. The molecule has 2 aliphatic rings. The van der Waals surface area contributed by atoms with Gasteiger partial charge in [0.1, 0.15) is 11.9 Å². The summed E-state index contributed by atoms with van der Waals surface area (Å²) in [5.74, 6) is 1.06. The molecule has 2 atom stereocenters. The number of fused-ring (bicyclic) bond motifs is 1. The van der Waals surface area contributed by atoms with Crippen LogP contribution >= 0.6 is 0 Å². The summed E-state index contributed by atoms with van der Waals surface area (Å²) in [6.45, 7) is 8.71. The Morgan fingerprint density at radius 1 is 0.969 bits per heavy atom. The SMILES string of the molecule is C[C@@H]1CN(c2ccc(C#N)c3ncccc23)C[C@H](CN2CCN(c3ccccn3)CC2)O1. The smallest absolute Gasteiger partial charge is 0.128 e. The Morgan fingerprint density at radius 2 is 1.81 bits per heavy atom. The van der Waals surface area contributed by atoms with Crippen LogP contribution < -0.4 is 9.80 Å². The maximum atomic E-state index is 9.46. The van der Waals surface area contributed by atoms with Gasteiger partial charge in [0, 0.05) is 69.3 Å². The van der Waals surface area contributed by atoms with Crippen LogP contribution in [0.1, 0.15) is 12.5 Å². The Balaban J connectivity index is 1.27. The van der Waals surface area contributed by atoms with E-state index in [0.29, 0.717) is 5.56 Å². The van der Waals surface area contributed by atoms with Crippen molar-refractivity contribution in [3.8, 4) is 6.07 Å². The Morgan fingerprint density at radius 3 is 2.59 bits per heavy atom. The van der Waals surface area contributed by atoms with E-state index in [1.54, 1.807) is 6.20 Å². The highest BCUT2D eigenvalue weighted by Crippen LogP contribution is 2.30. The number of nitrogens with zero attached hydrogens (tertiary/aromatic N) is 6. The minimum Gasteiger partial charge on any atom is -0.370 e. The highest BCUT2D eigenvalue weighted by molar-refractivity contribution is 5.95. The second-order valence-corrected chi connectivity index (χ2v) is 8.59. The summed E-state index contributed by atoms with van der Waals surface area (Å²) in [5.41, 5.74) is 2.52. The zero-order chi connectivity index (χ0) is 21.9. The lowest BCUT2D eigenvalue weighted by Gasteiger charge is -2.42. The minimum absolute atomic E-state index is 0.141. The topological polar surface area (TPSA) is 68.5 Å². The number of pyridine rings is 2. The molecule has 0 radical (unpaired) electrons. The van der Waals surface area contributed by atoms with Crippen molar-refractivity contribution in [1.82, 2.24) is 14.9 Å². The number of rotatable bonds is 4. The highest BCUT2D eigenvalue weighted by Gasteiger charge is 2.29. The number of ether oxygens (including phenoxy) is 1. The molecule has 1 aromatic carbocycles. The Labute approximate surface area is 188 Å². The van der Waals surface area contributed by atoms with Gasteiger partial charge >= 0.3 is 0 Å². The minimum atomic E-state index is 0.141. The predicted molar refractivity (Wildman–Crippen MR) is 126 cm³/mol. The van der Waals surface area contributed by atoms with Crippen molar-refractivity contribution >= 4 is 22.4 Å². The Hall–Kier alpha value is -3.21. The van der Waals surface area contributed by atoms with E-state index >= 15 is 0 Å². The maximum Gasteiger partial charge on any atom is 0.128 e. The van der Waals surface area contributed by atoms with Crippen LogP contribution in [-0.2, 0) is 4.74 Å². The average molecular weight is 429 g/mol. The maximum absolute atomic E-state index is 9.46. The van der Waals surface area contributed by atoms with E-state index in [-0.39, 0.29) is 12.2 Å². The van der Waals surface area contributed by atoms with Gasteiger partial charge in [-0.3, -0.25) is 9.88 Å². The van der Waals surface area contributed by atoms with Crippen LogP contribution in [0.15, 0.2) is 54.9 Å². The first-order valence-corrected chi connectivity index (χ1v) is 11.3. The number of piperazine rings is 1. The molecule has 0 N–H and O–H groups in total. The van der Waals surface area contributed by atoms with Crippen LogP contribution in [0.5, 0.6) is 0 Å². The summed E-state index contributed by atoms with van der Waals surface area (Å²) in [6.07, 6.45) is 3.89. The van der Waals surface area contributed by atoms with E-state index in [4.69, 9.17) is 4.74 Å². The van der Waals surface area contributed by atoms with E-state index in [1.165, 1.54) is 0 Å². The van der Waals surface area contributed by atoms with Gasteiger partial charge in [-0.15, -0.1) is 0 Å². The van der Waals surface area contributed by atoms with Crippen molar-refractivity contribution < 1.29 is 4.74 Å². The number of hydrogen-bond acceptors (Lipinski definition) is 7. The Bertz CT molecular complexity index is 1110. The van der Waals surface area contributed by atoms with Crippen LogP contribution in [0.3, 0.4) is 0 Å². The van der Waals surface area contributed by atoms with Crippen molar-refractivity contribution in [1.29, 1.82) is 5.26 Å². The van der Waals surface area contributed by atoms with Crippen LogP contribution in [-0.4, -0.2) is 72.9 Å². The predicted octanol–water partition coefficient (Wildman–Crippen LogP) is 2.92. The number of aromatic nitrogens is 2. The van der Waals surface area contributed by atoms with Crippen LogP contribution in [0.25, 0.3) is 10.9 Å². The van der Waals surface area contributed by atoms with Gasteiger partial charge < -0.3 is 14.5 Å². The lowest BCUT2D eigenvalue weighted by atomic mass is 10.1. The lowest BCUT2D eigenvalue weighted by molar-refractivity contribution is -0.0327. The Kier molecular flexibility index (Phi) is 5.89. The standard InChI is InChI=1S/C25H28N6O/c1-19-16-31(23-8-7-20(15-26)25-22(23)5-4-10-28-25)18-21(32-19)17-29-11-13-30(14-12-29)24-6-2-3-9-27-24/h2-10,19,21H,11-14,16-18H2,1H3/t19-,21+/m1/s1. The summed E-state index contributed by atoms with van der Waals surface area (Å²) in [4.78, 5) is 16.2. The van der Waals surface area contributed by atoms with Crippen molar-refractivity contribution in [3.63, 3.8) is 0 Å². The second kappa shape index (κ2) is 9.11. The number of benzene rings is 1. The molecule has 0 saturated carbocycles. The molecular formula is C25H28N6O. The molecule has 4 heterocycles. The number of anilines is 2. The van der Waals surface area contributed by atoms with Crippen molar-refractivity contribution in [3.05, 3.63) is 60.4 Å². The molecule has 2 aliphatic heterocycles. The second-order valence-electron chi connectivity index (χ2n) is 8.59. The third-order valence-electron chi connectivity index (χ3n) is 6.34. The van der Waals surface area contributed by atoms with Crippen LogP contribution in [0, 0.1) is 11.3 Å². The molecular weight excluding hydrogens is 400 g/mol. The first kappa shape index (κ1) is 20.7. The van der Waals surface area contributed by atoms with E-state index in [0.717, 1.165) is 68.2 Å². The highest BCUT2D eigenvalue weighted by atomic mass is 16.5. The molecule has 3 aromatic rings. The molecule has 0 aliphatic carbocycles.